The van der Waals surface area contributed by atoms with Crippen molar-refractivity contribution in [2.24, 2.45) is 17.6 Å². The number of fused-ring (bicyclic) bond motifs is 1. The molecule has 0 spiro atoms. The minimum absolute atomic E-state index is 0.209. The molecule has 56 heavy (non-hydrogen) atoms. The summed E-state index contributed by atoms with van der Waals surface area (Å²) in [5.74, 6) is -3.27. The Labute approximate surface area is 319 Å². The van der Waals surface area contributed by atoms with Crippen molar-refractivity contribution in [3.05, 3.63) is 78.6 Å². The molecule has 15 nitrogen and oxygen atoms in total. The van der Waals surface area contributed by atoms with Gasteiger partial charge < -0.3 is 25.9 Å². The fourth-order valence-electron chi connectivity index (χ4n) is 6.18. The van der Waals surface area contributed by atoms with E-state index in [9.17, 15) is 27.6 Å². The Morgan fingerprint density at radius 2 is 1.61 bits per heavy atom. The normalized spacial score (nSPS) is 16.3. The highest BCUT2D eigenvalue weighted by Gasteiger charge is 2.38. The van der Waals surface area contributed by atoms with Crippen LogP contribution in [0.2, 0.25) is 0 Å². The number of amides is 3. The number of hydrogen-bond donors (Lipinski definition) is 5. The van der Waals surface area contributed by atoms with E-state index in [-0.39, 0.29) is 24.2 Å². The van der Waals surface area contributed by atoms with Gasteiger partial charge in [0.15, 0.2) is 0 Å². The maximum atomic E-state index is 14.1. The lowest BCUT2D eigenvalue weighted by atomic mass is 9.81. The summed E-state index contributed by atoms with van der Waals surface area (Å²) in [6.45, 7) is 5.93. The molecule has 1 fully saturated rings. The number of aliphatic carboxylic acids is 1. The average Bonchev–Trinajstić information content (AvgIpc) is 3.87. The first-order chi connectivity index (χ1) is 26.5. The Bertz CT molecular complexity index is 2110. The summed E-state index contributed by atoms with van der Waals surface area (Å²) in [5, 5.41) is 25.1. The van der Waals surface area contributed by atoms with Crippen LogP contribution in [0, 0.1) is 11.8 Å². The zero-order valence-corrected chi connectivity index (χ0v) is 30.8. The standard InChI is InChI=1S/C36H41N9O4.C2HF3O2/c1-36(2,3)49-35(48)40-20-23-6-10-26(11-7-23)33(46)45(29-14-12-25(13-15-29)32-41-43-44-42-32)34(47)30(37)18-22-4-8-24(9-5-22)28-19-27-16-17-38-31(27)39-21-28;3-2(4,5)1(6)7/h4-5,8-9,12-17,19,21,23,26,30H,6-7,10-11,18,20,37H2,1-3H3,(H,38,39)(H,40,48)(H,41,42,43,44);(H,6,7)/t23-,26-,30-;/m0./s1. The van der Waals surface area contributed by atoms with Gasteiger partial charge in [0.25, 0.3) is 5.91 Å². The Kier molecular flexibility index (Phi) is 12.8. The number of anilines is 1. The number of imide groups is 1. The van der Waals surface area contributed by atoms with Crippen molar-refractivity contribution in [3.63, 3.8) is 0 Å². The van der Waals surface area contributed by atoms with Crippen LogP contribution in [0.4, 0.5) is 23.7 Å². The van der Waals surface area contributed by atoms with E-state index >= 15 is 0 Å². The molecule has 1 saturated carbocycles. The molecule has 0 bridgehead atoms. The summed E-state index contributed by atoms with van der Waals surface area (Å²) in [7, 11) is 0. The molecule has 2 aromatic carbocycles. The Hall–Kier alpha value is -6.17. The lowest BCUT2D eigenvalue weighted by Gasteiger charge is -2.32. The number of nitrogens with zero attached hydrogens (tertiary/aromatic N) is 5. The third kappa shape index (κ3) is 11.0. The number of hydrogen-bond acceptors (Lipinski definition) is 10. The number of alkyl carbamates (subject to hydrolysis) is 1. The molecule has 0 unspecified atom stereocenters. The van der Waals surface area contributed by atoms with E-state index in [4.69, 9.17) is 20.4 Å². The Morgan fingerprint density at radius 3 is 2.20 bits per heavy atom. The number of pyridine rings is 1. The van der Waals surface area contributed by atoms with Gasteiger partial charge in [-0.25, -0.2) is 19.5 Å². The number of alkyl halides is 3. The van der Waals surface area contributed by atoms with Gasteiger partial charge in [-0.3, -0.25) is 9.59 Å². The van der Waals surface area contributed by atoms with E-state index in [2.05, 4.69) is 42.0 Å². The first-order valence-corrected chi connectivity index (χ1v) is 17.7. The van der Waals surface area contributed by atoms with E-state index < -0.39 is 35.8 Å². The van der Waals surface area contributed by atoms with Gasteiger partial charge in [0.05, 0.1) is 11.7 Å². The number of carboxylic acids is 1. The second-order valence-corrected chi connectivity index (χ2v) is 14.3. The van der Waals surface area contributed by atoms with Crippen LogP contribution in [0.5, 0.6) is 0 Å². The molecule has 1 atom stereocenters. The van der Waals surface area contributed by atoms with Gasteiger partial charge in [-0.15, -0.1) is 10.2 Å². The quantitative estimate of drug-likeness (QED) is 0.120. The minimum Gasteiger partial charge on any atom is -0.475 e. The van der Waals surface area contributed by atoms with Gasteiger partial charge in [0.1, 0.15) is 11.2 Å². The van der Waals surface area contributed by atoms with Crippen LogP contribution in [0.15, 0.2) is 73.1 Å². The maximum Gasteiger partial charge on any atom is 0.490 e. The van der Waals surface area contributed by atoms with Gasteiger partial charge in [0, 0.05) is 41.4 Å². The van der Waals surface area contributed by atoms with Crippen molar-refractivity contribution < 1.29 is 42.2 Å². The molecular formula is C38H42F3N9O6. The molecule has 6 N–H and O–H groups in total. The highest BCUT2D eigenvalue weighted by Crippen LogP contribution is 2.32. The highest BCUT2D eigenvalue weighted by molar-refractivity contribution is 6.17. The van der Waals surface area contributed by atoms with Crippen LogP contribution in [-0.4, -0.2) is 83.9 Å². The lowest BCUT2D eigenvalue weighted by molar-refractivity contribution is -0.192. The van der Waals surface area contributed by atoms with E-state index in [1.54, 1.807) is 24.3 Å². The molecule has 296 valence electrons. The highest BCUT2D eigenvalue weighted by atomic mass is 19.4. The number of tetrazole rings is 1. The molecule has 1 aliphatic carbocycles. The first kappa shape index (κ1) is 41.0. The number of carbonyl (C=O) groups is 4. The smallest absolute Gasteiger partial charge is 0.475 e. The molecule has 0 radical (unpaired) electrons. The third-order valence-electron chi connectivity index (χ3n) is 9.00. The zero-order chi connectivity index (χ0) is 40.6. The van der Waals surface area contributed by atoms with Crippen molar-refractivity contribution in [2.45, 2.75) is 70.7 Å². The van der Waals surface area contributed by atoms with Gasteiger partial charge in [0.2, 0.25) is 11.7 Å². The summed E-state index contributed by atoms with van der Waals surface area (Å²) in [6, 6.07) is 17.9. The van der Waals surface area contributed by atoms with Gasteiger partial charge in [-0.2, -0.15) is 18.4 Å². The van der Waals surface area contributed by atoms with Gasteiger partial charge in [-0.05, 0) is 112 Å². The summed E-state index contributed by atoms with van der Waals surface area (Å²) in [5.41, 5.74) is 10.8. The first-order valence-electron chi connectivity index (χ1n) is 17.7. The molecule has 0 aliphatic heterocycles. The summed E-state index contributed by atoms with van der Waals surface area (Å²) in [4.78, 5) is 58.0. The van der Waals surface area contributed by atoms with Crippen molar-refractivity contribution in [2.75, 3.05) is 11.4 Å². The van der Waals surface area contributed by atoms with Crippen LogP contribution >= 0.6 is 0 Å². The Balaban J connectivity index is 0.000000784. The summed E-state index contributed by atoms with van der Waals surface area (Å²) in [6.07, 6.45) is 1.03. The molecule has 18 heteroatoms. The fourth-order valence-corrected chi connectivity index (χ4v) is 6.18. The lowest BCUT2D eigenvalue weighted by Crippen LogP contribution is -2.50. The minimum atomic E-state index is -5.08. The number of ether oxygens (including phenoxy) is 1. The molecule has 6 rings (SSSR count). The van der Waals surface area contributed by atoms with Crippen LogP contribution in [0.3, 0.4) is 0 Å². The number of aromatic nitrogens is 6. The largest absolute Gasteiger partial charge is 0.490 e. The number of carbonyl (C=O) groups excluding carboxylic acids is 3. The number of nitrogens with one attached hydrogen (secondary N) is 3. The topological polar surface area (TPSA) is 222 Å². The molecule has 0 saturated heterocycles. The molecular weight excluding hydrogens is 735 g/mol. The number of halogens is 3. The molecule has 3 aromatic heterocycles. The van der Waals surface area contributed by atoms with Crippen molar-refractivity contribution in [3.8, 4) is 22.5 Å². The predicted octanol–water partition coefficient (Wildman–Crippen LogP) is 5.80. The number of nitrogens with two attached hydrogens (primary N) is 1. The van der Waals surface area contributed by atoms with E-state index in [0.717, 1.165) is 40.6 Å². The predicted molar refractivity (Wildman–Crippen MR) is 199 cm³/mol. The fraction of sp³-hybridized carbons (Fsp3) is 0.368. The molecule has 1 aliphatic rings. The third-order valence-corrected chi connectivity index (χ3v) is 9.00. The number of aromatic amines is 2. The van der Waals surface area contributed by atoms with Crippen LogP contribution < -0.4 is 16.0 Å². The van der Waals surface area contributed by atoms with Gasteiger partial charge >= 0.3 is 18.2 Å². The zero-order valence-electron chi connectivity index (χ0n) is 30.8. The second-order valence-electron chi connectivity index (χ2n) is 14.3. The van der Waals surface area contributed by atoms with Crippen LogP contribution in [0.1, 0.15) is 52.0 Å². The van der Waals surface area contributed by atoms with E-state index in [1.807, 2.05) is 63.5 Å². The molecule has 3 amide bonds. The van der Waals surface area contributed by atoms with Crippen LogP contribution in [0.25, 0.3) is 33.5 Å². The van der Waals surface area contributed by atoms with Crippen molar-refractivity contribution in [1.82, 2.24) is 35.9 Å². The van der Waals surface area contributed by atoms with Crippen molar-refractivity contribution in [1.29, 1.82) is 0 Å². The Morgan fingerprint density at radius 1 is 0.964 bits per heavy atom. The average molecular weight is 778 g/mol. The molecule has 5 aromatic rings. The monoisotopic (exact) mass is 777 g/mol. The van der Waals surface area contributed by atoms with Crippen LogP contribution in [-0.2, 0) is 25.5 Å². The second kappa shape index (κ2) is 17.5. The number of benzene rings is 2. The maximum absolute atomic E-state index is 14.1. The number of carboxylic acid groups (broad SMARTS) is 1. The van der Waals surface area contributed by atoms with Gasteiger partial charge in [-0.1, -0.05) is 24.3 Å². The van der Waals surface area contributed by atoms with Crippen molar-refractivity contribution >= 4 is 40.6 Å². The van der Waals surface area contributed by atoms with E-state index in [1.165, 1.54) is 4.90 Å². The number of rotatable bonds is 9. The number of H-pyrrole nitrogens is 2. The summed E-state index contributed by atoms with van der Waals surface area (Å²) < 4.78 is 37.1. The SMILES string of the molecule is CC(C)(C)OC(=O)NC[C@H]1CC[C@H](C(=O)N(C(=O)[C@@H](N)Cc2ccc(-c3cnc4[nH]ccc4c3)cc2)c2ccc(-c3nn[nH]n3)cc2)CC1.O=C(O)C(F)(F)F. The summed E-state index contributed by atoms with van der Waals surface area (Å²) >= 11 is 0. The molecule has 3 heterocycles. The van der Waals surface area contributed by atoms with E-state index in [0.29, 0.717) is 36.5 Å².